The molecule has 0 saturated carbocycles. The summed E-state index contributed by atoms with van der Waals surface area (Å²) in [6.07, 6.45) is 3.38. The number of hydrogen-bond acceptors (Lipinski definition) is 6. The number of thiophene rings is 1. The molecule has 4 aromatic rings. The maximum atomic E-state index is 13.4. The number of benzene rings is 1. The maximum Gasteiger partial charge on any atom is 0.333 e. The fourth-order valence-corrected chi connectivity index (χ4v) is 4.92. The van der Waals surface area contributed by atoms with Gasteiger partial charge in [0.1, 0.15) is 16.6 Å². The SMILES string of the molecule is Cc1c(-c2ncco2)sc2c1c(=O)n(CCc1ccccc1)c(=O)n2C(C)(C)C(=O)O. The number of hydrogen-bond donors (Lipinski definition) is 1. The molecule has 1 N–H and O–H groups in total. The summed E-state index contributed by atoms with van der Waals surface area (Å²) in [7, 11) is 0. The zero-order valence-electron chi connectivity index (χ0n) is 17.3. The highest BCUT2D eigenvalue weighted by Gasteiger charge is 2.35. The standard InChI is InChI=1S/C22H21N3O5S/c1-13-15-18(26)24(11-9-14-7-5-4-6-8-14)21(29)25(22(2,3)20(27)28)19(15)31-16(13)17-23-10-12-30-17/h4-8,10,12H,9,11H2,1-3H3,(H,27,28). The van der Waals surface area contributed by atoms with E-state index in [0.717, 1.165) is 21.5 Å². The van der Waals surface area contributed by atoms with Crippen molar-refractivity contribution in [1.82, 2.24) is 14.1 Å². The Balaban J connectivity index is 2.00. The number of aromatic nitrogens is 3. The molecular formula is C22H21N3O5S. The minimum Gasteiger partial charge on any atom is -0.480 e. The second-order valence-electron chi connectivity index (χ2n) is 7.75. The van der Waals surface area contributed by atoms with Crippen LogP contribution in [0.3, 0.4) is 0 Å². The third-order valence-corrected chi connectivity index (χ3v) is 6.65. The summed E-state index contributed by atoms with van der Waals surface area (Å²) in [5.41, 5.74) is -1.08. The smallest absolute Gasteiger partial charge is 0.333 e. The Kier molecular flexibility index (Phi) is 5.14. The summed E-state index contributed by atoms with van der Waals surface area (Å²) >= 11 is 1.13. The second kappa shape index (κ2) is 7.66. The number of carbonyl (C=O) groups is 1. The van der Waals surface area contributed by atoms with E-state index in [0.29, 0.717) is 33.0 Å². The van der Waals surface area contributed by atoms with E-state index in [9.17, 15) is 19.5 Å². The highest BCUT2D eigenvalue weighted by atomic mass is 32.1. The summed E-state index contributed by atoms with van der Waals surface area (Å²) in [6, 6.07) is 9.50. The molecule has 160 valence electrons. The van der Waals surface area contributed by atoms with Crippen molar-refractivity contribution in [3.05, 3.63) is 74.8 Å². The Morgan fingerprint density at radius 2 is 1.94 bits per heavy atom. The third kappa shape index (κ3) is 3.40. The Morgan fingerprint density at radius 1 is 1.23 bits per heavy atom. The average molecular weight is 439 g/mol. The van der Waals surface area contributed by atoms with E-state index >= 15 is 0 Å². The minimum absolute atomic E-state index is 0.136. The molecule has 0 unspecified atom stereocenters. The number of carboxylic acids is 1. The fraction of sp³-hybridized carbons (Fsp3) is 0.273. The summed E-state index contributed by atoms with van der Waals surface area (Å²) in [5.74, 6) is -0.853. The van der Waals surface area contributed by atoms with Gasteiger partial charge < -0.3 is 9.52 Å². The molecule has 3 heterocycles. The molecule has 0 spiro atoms. The summed E-state index contributed by atoms with van der Waals surface area (Å²) in [6.45, 7) is 4.78. The maximum absolute atomic E-state index is 13.4. The third-order valence-electron chi connectivity index (χ3n) is 5.39. The van der Waals surface area contributed by atoms with Gasteiger partial charge in [-0.15, -0.1) is 11.3 Å². The topological polar surface area (TPSA) is 107 Å². The number of oxazole rings is 1. The van der Waals surface area contributed by atoms with Gasteiger partial charge in [0.05, 0.1) is 16.5 Å². The van der Waals surface area contributed by atoms with Gasteiger partial charge >= 0.3 is 11.7 Å². The molecule has 8 nitrogen and oxygen atoms in total. The molecule has 1 aromatic carbocycles. The Bertz CT molecular complexity index is 1380. The molecule has 0 aliphatic rings. The van der Waals surface area contributed by atoms with E-state index in [1.54, 1.807) is 6.92 Å². The van der Waals surface area contributed by atoms with Gasteiger partial charge in [-0.3, -0.25) is 13.9 Å². The van der Waals surface area contributed by atoms with Crippen LogP contribution in [-0.4, -0.2) is 25.2 Å². The Morgan fingerprint density at radius 3 is 2.55 bits per heavy atom. The van der Waals surface area contributed by atoms with Gasteiger partial charge in [0, 0.05) is 6.54 Å². The van der Waals surface area contributed by atoms with Crippen LogP contribution in [0.5, 0.6) is 0 Å². The van der Waals surface area contributed by atoms with Crippen molar-refractivity contribution in [2.75, 3.05) is 0 Å². The van der Waals surface area contributed by atoms with E-state index < -0.39 is 22.8 Å². The van der Waals surface area contributed by atoms with Crippen LogP contribution >= 0.6 is 11.3 Å². The first kappa shape index (κ1) is 20.8. The van der Waals surface area contributed by atoms with Crippen LogP contribution in [0.25, 0.3) is 21.0 Å². The highest BCUT2D eigenvalue weighted by Crippen LogP contribution is 2.36. The van der Waals surface area contributed by atoms with Crippen molar-refractivity contribution < 1.29 is 14.3 Å². The molecular weight excluding hydrogens is 418 g/mol. The fourth-order valence-electron chi connectivity index (χ4n) is 3.55. The zero-order chi connectivity index (χ0) is 22.3. The molecule has 0 amide bonds. The summed E-state index contributed by atoms with van der Waals surface area (Å²) in [4.78, 5) is 43.9. The van der Waals surface area contributed by atoms with Gasteiger partial charge in [0.25, 0.3) is 5.56 Å². The van der Waals surface area contributed by atoms with Crippen molar-refractivity contribution in [3.63, 3.8) is 0 Å². The van der Waals surface area contributed by atoms with E-state index in [-0.39, 0.29) is 6.54 Å². The van der Waals surface area contributed by atoms with E-state index in [4.69, 9.17) is 4.42 Å². The molecule has 0 radical (unpaired) electrons. The molecule has 0 fully saturated rings. The van der Waals surface area contributed by atoms with Gasteiger partial charge in [0.2, 0.25) is 5.89 Å². The molecule has 0 saturated heterocycles. The van der Waals surface area contributed by atoms with Gasteiger partial charge in [0.15, 0.2) is 0 Å². The first-order valence-corrected chi connectivity index (χ1v) is 10.5. The largest absolute Gasteiger partial charge is 0.480 e. The second-order valence-corrected chi connectivity index (χ2v) is 8.75. The van der Waals surface area contributed by atoms with Crippen LogP contribution in [0.2, 0.25) is 0 Å². The number of aryl methyl sites for hydroxylation is 2. The predicted octanol–water partition coefficient (Wildman–Crippen LogP) is 3.25. The first-order valence-electron chi connectivity index (χ1n) is 9.70. The Hall–Kier alpha value is -3.46. The molecule has 9 heteroatoms. The van der Waals surface area contributed by atoms with Gasteiger partial charge in [-0.2, -0.15) is 0 Å². The number of aliphatic carboxylic acids is 1. The number of carboxylic acid groups (broad SMARTS) is 1. The molecule has 0 atom stereocenters. The van der Waals surface area contributed by atoms with Crippen molar-refractivity contribution in [2.45, 2.75) is 39.3 Å². The lowest BCUT2D eigenvalue weighted by molar-refractivity contribution is -0.145. The van der Waals surface area contributed by atoms with Crippen molar-refractivity contribution in [2.24, 2.45) is 0 Å². The van der Waals surface area contributed by atoms with E-state index in [1.165, 1.54) is 30.9 Å². The molecule has 0 aliphatic carbocycles. The predicted molar refractivity (Wildman–Crippen MR) is 118 cm³/mol. The monoisotopic (exact) mass is 439 g/mol. The summed E-state index contributed by atoms with van der Waals surface area (Å²) in [5, 5.41) is 10.1. The molecule has 0 bridgehead atoms. The average Bonchev–Trinajstić information content (AvgIpc) is 3.36. The lowest BCUT2D eigenvalue weighted by atomic mass is 10.1. The zero-order valence-corrected chi connectivity index (χ0v) is 18.1. The number of fused-ring (bicyclic) bond motifs is 1. The molecule has 0 aliphatic heterocycles. The Labute approximate surface area is 181 Å². The van der Waals surface area contributed by atoms with Gasteiger partial charge in [-0.25, -0.2) is 14.6 Å². The van der Waals surface area contributed by atoms with Crippen LogP contribution in [0, 0.1) is 6.92 Å². The van der Waals surface area contributed by atoms with Crippen molar-refractivity contribution in [3.8, 4) is 10.8 Å². The molecule has 3 aromatic heterocycles. The minimum atomic E-state index is -1.57. The number of nitrogens with zero attached hydrogens (tertiary/aromatic N) is 3. The van der Waals surface area contributed by atoms with E-state index in [1.807, 2.05) is 30.3 Å². The summed E-state index contributed by atoms with van der Waals surface area (Å²) < 4.78 is 7.72. The first-order chi connectivity index (χ1) is 14.7. The van der Waals surface area contributed by atoms with Gasteiger partial charge in [-0.1, -0.05) is 30.3 Å². The van der Waals surface area contributed by atoms with Crippen molar-refractivity contribution >= 4 is 27.5 Å². The lowest BCUT2D eigenvalue weighted by Gasteiger charge is -2.24. The van der Waals surface area contributed by atoms with Crippen LogP contribution in [0.15, 0.2) is 56.8 Å². The highest BCUT2D eigenvalue weighted by molar-refractivity contribution is 7.22. The normalized spacial score (nSPS) is 11.8. The van der Waals surface area contributed by atoms with Crippen LogP contribution in [-0.2, 0) is 23.3 Å². The lowest BCUT2D eigenvalue weighted by Crippen LogP contribution is -2.49. The quantitative estimate of drug-likeness (QED) is 0.494. The van der Waals surface area contributed by atoms with Crippen LogP contribution in [0.4, 0.5) is 0 Å². The molecule has 31 heavy (non-hydrogen) atoms. The van der Waals surface area contributed by atoms with E-state index in [2.05, 4.69) is 4.98 Å². The van der Waals surface area contributed by atoms with Crippen LogP contribution in [0.1, 0.15) is 25.0 Å². The van der Waals surface area contributed by atoms with Crippen molar-refractivity contribution in [1.29, 1.82) is 0 Å². The number of rotatable bonds is 6. The molecule has 4 rings (SSSR count). The van der Waals surface area contributed by atoms with Crippen LogP contribution < -0.4 is 11.2 Å². The van der Waals surface area contributed by atoms with Gasteiger partial charge in [-0.05, 0) is 38.3 Å².